The van der Waals surface area contributed by atoms with Gasteiger partial charge in [0.2, 0.25) is 5.82 Å². The Labute approximate surface area is 105 Å². The molecule has 18 heavy (non-hydrogen) atoms. The number of carbonyl (C=O) groups excluding carboxylic acids is 1. The molecule has 0 spiro atoms. The zero-order chi connectivity index (χ0) is 12.1. The van der Waals surface area contributed by atoms with Gasteiger partial charge < -0.3 is 15.2 Å². The molecule has 6 nitrogen and oxygen atoms in total. The number of rotatable bonds is 2. The number of nitrogens with one attached hydrogen (secondary N) is 2. The molecule has 0 bridgehead atoms. The molecule has 4 rings (SSSR count). The van der Waals surface area contributed by atoms with Crippen LogP contribution in [0.25, 0.3) is 0 Å². The van der Waals surface area contributed by atoms with Gasteiger partial charge in [0.15, 0.2) is 0 Å². The van der Waals surface area contributed by atoms with Crippen LogP contribution in [-0.4, -0.2) is 39.8 Å². The SMILES string of the molecule is O=C(NC1CC1)c1nnc2n1C[C@@H]1CNC[C@@H]1C2. The van der Waals surface area contributed by atoms with Crippen molar-refractivity contribution in [2.24, 2.45) is 11.8 Å². The Bertz CT molecular complexity index is 493. The van der Waals surface area contributed by atoms with Crippen LogP contribution in [-0.2, 0) is 13.0 Å². The van der Waals surface area contributed by atoms with E-state index in [9.17, 15) is 4.79 Å². The molecule has 2 N–H and O–H groups in total. The molecule has 0 unspecified atom stereocenters. The highest BCUT2D eigenvalue weighted by atomic mass is 16.2. The Morgan fingerprint density at radius 1 is 1.28 bits per heavy atom. The van der Waals surface area contributed by atoms with Gasteiger partial charge in [-0.1, -0.05) is 0 Å². The molecule has 6 heteroatoms. The third kappa shape index (κ3) is 1.63. The van der Waals surface area contributed by atoms with Crippen molar-refractivity contribution in [2.75, 3.05) is 13.1 Å². The van der Waals surface area contributed by atoms with Gasteiger partial charge in [0.05, 0.1) is 0 Å². The molecule has 2 fully saturated rings. The molecular formula is C12H17N5O. The van der Waals surface area contributed by atoms with Crippen molar-refractivity contribution in [1.29, 1.82) is 0 Å². The molecule has 1 saturated carbocycles. The van der Waals surface area contributed by atoms with Crippen LogP contribution < -0.4 is 10.6 Å². The molecule has 1 aromatic heterocycles. The van der Waals surface area contributed by atoms with Gasteiger partial charge in [0, 0.05) is 19.0 Å². The zero-order valence-corrected chi connectivity index (χ0v) is 10.2. The zero-order valence-electron chi connectivity index (χ0n) is 10.2. The van der Waals surface area contributed by atoms with Gasteiger partial charge in [-0.15, -0.1) is 10.2 Å². The van der Waals surface area contributed by atoms with Crippen molar-refractivity contribution in [3.8, 4) is 0 Å². The average molecular weight is 247 g/mol. The number of fused-ring (bicyclic) bond motifs is 2. The standard InChI is InChI=1S/C12H17N5O/c18-12(14-9-1-2-9)11-16-15-10-3-7-4-13-5-8(7)6-17(10)11/h7-9,13H,1-6H2,(H,14,18)/t7-,8-/m0/s1. The van der Waals surface area contributed by atoms with Gasteiger partial charge in [0.1, 0.15) is 5.82 Å². The first-order valence-corrected chi connectivity index (χ1v) is 6.75. The highest BCUT2D eigenvalue weighted by Crippen LogP contribution is 2.28. The first-order valence-electron chi connectivity index (χ1n) is 6.75. The Kier molecular flexibility index (Phi) is 2.20. The molecule has 0 radical (unpaired) electrons. The van der Waals surface area contributed by atoms with Crippen LogP contribution in [0.5, 0.6) is 0 Å². The summed E-state index contributed by atoms with van der Waals surface area (Å²) < 4.78 is 2.02. The van der Waals surface area contributed by atoms with Crippen molar-refractivity contribution < 1.29 is 4.79 Å². The predicted octanol–water partition coefficient (Wildman–Crippen LogP) is -0.438. The van der Waals surface area contributed by atoms with Crippen LogP contribution in [0.2, 0.25) is 0 Å². The number of hydrogen-bond donors (Lipinski definition) is 2. The van der Waals surface area contributed by atoms with Gasteiger partial charge in [0.25, 0.3) is 5.91 Å². The fourth-order valence-electron chi connectivity index (χ4n) is 3.03. The normalized spacial score (nSPS) is 29.8. The Hall–Kier alpha value is -1.43. The lowest BCUT2D eigenvalue weighted by Gasteiger charge is -2.25. The molecule has 1 aromatic rings. The van der Waals surface area contributed by atoms with E-state index in [1.54, 1.807) is 0 Å². The van der Waals surface area contributed by atoms with Crippen molar-refractivity contribution in [1.82, 2.24) is 25.4 Å². The van der Waals surface area contributed by atoms with Gasteiger partial charge in [-0.3, -0.25) is 4.79 Å². The van der Waals surface area contributed by atoms with E-state index in [2.05, 4.69) is 20.8 Å². The number of amides is 1. The summed E-state index contributed by atoms with van der Waals surface area (Å²) in [6, 6.07) is 0.370. The van der Waals surface area contributed by atoms with E-state index in [0.29, 0.717) is 23.7 Å². The fraction of sp³-hybridized carbons (Fsp3) is 0.750. The van der Waals surface area contributed by atoms with Gasteiger partial charge in [-0.05, 0) is 37.8 Å². The first-order chi connectivity index (χ1) is 8.81. The summed E-state index contributed by atoms with van der Waals surface area (Å²) in [5.41, 5.74) is 0. The predicted molar refractivity (Wildman–Crippen MR) is 64.1 cm³/mol. The molecule has 96 valence electrons. The highest BCUT2D eigenvalue weighted by Gasteiger charge is 2.36. The summed E-state index contributed by atoms with van der Waals surface area (Å²) in [5, 5.41) is 14.7. The molecule has 3 heterocycles. The summed E-state index contributed by atoms with van der Waals surface area (Å²) in [7, 11) is 0. The van der Waals surface area contributed by atoms with Gasteiger partial charge >= 0.3 is 0 Å². The Morgan fingerprint density at radius 3 is 2.94 bits per heavy atom. The van der Waals surface area contributed by atoms with E-state index in [1.807, 2.05) is 4.57 Å². The maximum atomic E-state index is 12.1. The van der Waals surface area contributed by atoms with Crippen LogP contribution in [0, 0.1) is 11.8 Å². The third-order valence-corrected chi connectivity index (χ3v) is 4.28. The van der Waals surface area contributed by atoms with E-state index in [4.69, 9.17) is 0 Å². The monoisotopic (exact) mass is 247 g/mol. The molecule has 0 aromatic carbocycles. The topological polar surface area (TPSA) is 71.8 Å². The van der Waals surface area contributed by atoms with Crippen molar-refractivity contribution >= 4 is 5.91 Å². The number of aromatic nitrogens is 3. The van der Waals surface area contributed by atoms with Crippen LogP contribution >= 0.6 is 0 Å². The summed E-state index contributed by atoms with van der Waals surface area (Å²) >= 11 is 0. The molecule has 1 saturated heterocycles. The summed E-state index contributed by atoms with van der Waals surface area (Å²) in [6.45, 7) is 3.00. The van der Waals surface area contributed by atoms with E-state index in [0.717, 1.165) is 44.7 Å². The van der Waals surface area contributed by atoms with Crippen molar-refractivity contribution in [3.05, 3.63) is 11.6 Å². The van der Waals surface area contributed by atoms with Gasteiger partial charge in [-0.2, -0.15) is 0 Å². The minimum absolute atomic E-state index is 0.0549. The second-order valence-corrected chi connectivity index (χ2v) is 5.68. The maximum Gasteiger partial charge on any atom is 0.289 e. The van der Waals surface area contributed by atoms with Crippen LogP contribution in [0.3, 0.4) is 0 Å². The molecular weight excluding hydrogens is 230 g/mol. The lowest BCUT2D eigenvalue weighted by Crippen LogP contribution is -2.33. The molecule has 3 aliphatic rings. The molecule has 1 aliphatic carbocycles. The lowest BCUT2D eigenvalue weighted by atomic mass is 9.89. The summed E-state index contributed by atoms with van der Waals surface area (Å²) in [5.74, 6) is 2.71. The van der Waals surface area contributed by atoms with E-state index in [1.165, 1.54) is 0 Å². The number of nitrogens with zero attached hydrogens (tertiary/aromatic N) is 3. The largest absolute Gasteiger partial charge is 0.347 e. The van der Waals surface area contributed by atoms with Crippen LogP contribution in [0.4, 0.5) is 0 Å². The first kappa shape index (κ1) is 10.5. The second-order valence-electron chi connectivity index (χ2n) is 5.68. The highest BCUT2D eigenvalue weighted by molar-refractivity contribution is 5.91. The van der Waals surface area contributed by atoms with E-state index in [-0.39, 0.29) is 5.91 Å². The van der Waals surface area contributed by atoms with Crippen molar-refractivity contribution in [3.63, 3.8) is 0 Å². The number of hydrogen-bond acceptors (Lipinski definition) is 4. The summed E-state index contributed by atoms with van der Waals surface area (Å²) in [4.78, 5) is 12.1. The van der Waals surface area contributed by atoms with E-state index < -0.39 is 0 Å². The molecule has 2 atom stereocenters. The molecule has 2 aliphatic heterocycles. The smallest absolute Gasteiger partial charge is 0.289 e. The average Bonchev–Trinajstić information content (AvgIpc) is 2.91. The number of carbonyl (C=O) groups is 1. The minimum atomic E-state index is -0.0549. The second kappa shape index (κ2) is 3.78. The third-order valence-electron chi connectivity index (χ3n) is 4.28. The lowest BCUT2D eigenvalue weighted by molar-refractivity contribution is 0.0932. The van der Waals surface area contributed by atoms with Gasteiger partial charge in [-0.25, -0.2) is 0 Å². The fourth-order valence-corrected chi connectivity index (χ4v) is 3.03. The minimum Gasteiger partial charge on any atom is -0.347 e. The van der Waals surface area contributed by atoms with Crippen LogP contribution in [0.1, 0.15) is 29.3 Å². The quantitative estimate of drug-likeness (QED) is 0.743. The Morgan fingerprint density at radius 2 is 2.11 bits per heavy atom. The summed E-state index contributed by atoms with van der Waals surface area (Å²) in [6.07, 6.45) is 3.14. The Balaban J connectivity index is 1.60. The molecule has 1 amide bonds. The van der Waals surface area contributed by atoms with Crippen molar-refractivity contribution in [2.45, 2.75) is 31.8 Å². The maximum absolute atomic E-state index is 12.1. The van der Waals surface area contributed by atoms with Crippen LogP contribution in [0.15, 0.2) is 0 Å². The van der Waals surface area contributed by atoms with E-state index >= 15 is 0 Å².